The zero-order chi connectivity index (χ0) is 20.5. The normalized spacial score (nSPS) is 11.5. The minimum Gasteiger partial charge on any atom is -0.407 e. The lowest BCUT2D eigenvalue weighted by molar-refractivity contribution is -0.134. The number of nitrogens with zero attached hydrogens (tertiary/aromatic N) is 2. The molecule has 0 N–H and O–H groups in total. The average Bonchev–Trinajstić information content (AvgIpc) is 2.98. The molecule has 0 bridgehead atoms. The van der Waals surface area contributed by atoms with E-state index in [1.165, 1.54) is 10.9 Å². The maximum atomic E-state index is 13.2. The number of esters is 1. The summed E-state index contributed by atoms with van der Waals surface area (Å²) in [4.78, 5) is 25.1. The number of aromatic nitrogens is 2. The van der Waals surface area contributed by atoms with Gasteiger partial charge in [0.15, 0.2) is 15.6 Å². The summed E-state index contributed by atoms with van der Waals surface area (Å²) in [7, 11) is -3.42. The van der Waals surface area contributed by atoms with Gasteiger partial charge >= 0.3 is 5.97 Å². The van der Waals surface area contributed by atoms with E-state index in [4.69, 9.17) is 4.74 Å². The summed E-state index contributed by atoms with van der Waals surface area (Å²) >= 11 is 0. The number of benzene rings is 1. The van der Waals surface area contributed by atoms with E-state index in [1.807, 2.05) is 6.92 Å². The van der Waals surface area contributed by atoms with Crippen molar-refractivity contribution in [2.24, 2.45) is 0 Å². The van der Waals surface area contributed by atoms with Gasteiger partial charge in [0.1, 0.15) is 5.56 Å². The van der Waals surface area contributed by atoms with Crippen LogP contribution in [0, 0.1) is 20.8 Å². The van der Waals surface area contributed by atoms with E-state index in [0.29, 0.717) is 28.8 Å². The van der Waals surface area contributed by atoms with E-state index in [-0.39, 0.29) is 28.5 Å². The summed E-state index contributed by atoms with van der Waals surface area (Å²) in [5, 5.41) is 4.12. The summed E-state index contributed by atoms with van der Waals surface area (Å²) in [6, 6.07) is 1.57. The van der Waals surface area contributed by atoms with Crippen molar-refractivity contribution in [1.82, 2.24) is 9.78 Å². The van der Waals surface area contributed by atoms with Crippen molar-refractivity contribution >= 4 is 21.6 Å². The summed E-state index contributed by atoms with van der Waals surface area (Å²) in [6.45, 7) is 8.97. The Bertz CT molecular complexity index is 1020. The standard InChI is InChI=1S/C19H24N2O5S/c1-7-16(22)26-19-15(10-20-21(19)8-2)17(23)14-9-11(3)18(27(6,24)25)13(5)12(14)4/h9-10H,7-8H2,1-6H3. The van der Waals surface area contributed by atoms with Crippen molar-refractivity contribution in [2.45, 2.75) is 52.5 Å². The molecule has 146 valence electrons. The molecule has 27 heavy (non-hydrogen) atoms. The molecule has 2 rings (SSSR count). The van der Waals surface area contributed by atoms with E-state index in [1.54, 1.807) is 33.8 Å². The van der Waals surface area contributed by atoms with Crippen molar-refractivity contribution in [3.05, 3.63) is 40.1 Å². The van der Waals surface area contributed by atoms with E-state index in [0.717, 1.165) is 6.26 Å². The first-order valence-corrected chi connectivity index (χ1v) is 10.5. The van der Waals surface area contributed by atoms with E-state index < -0.39 is 15.8 Å². The smallest absolute Gasteiger partial charge is 0.312 e. The van der Waals surface area contributed by atoms with Crippen LogP contribution in [0.25, 0.3) is 0 Å². The summed E-state index contributed by atoms with van der Waals surface area (Å²) in [5.74, 6) is -0.718. The number of carbonyl (C=O) groups is 2. The third kappa shape index (κ3) is 3.95. The molecule has 1 aromatic carbocycles. The first-order valence-electron chi connectivity index (χ1n) is 8.64. The lowest BCUT2D eigenvalue weighted by atomic mass is 9.95. The molecule has 1 heterocycles. The Morgan fingerprint density at radius 2 is 1.74 bits per heavy atom. The lowest BCUT2D eigenvalue weighted by Gasteiger charge is -2.15. The van der Waals surface area contributed by atoms with Gasteiger partial charge in [-0.3, -0.25) is 9.59 Å². The van der Waals surface area contributed by atoms with Crippen LogP contribution in [0.15, 0.2) is 17.2 Å². The largest absolute Gasteiger partial charge is 0.407 e. The minimum absolute atomic E-state index is 0.108. The molecule has 0 aliphatic heterocycles. The van der Waals surface area contributed by atoms with Gasteiger partial charge in [-0.05, 0) is 50.5 Å². The number of carbonyl (C=O) groups excluding carboxylic acids is 2. The van der Waals surface area contributed by atoms with Crippen molar-refractivity contribution in [3.8, 4) is 5.88 Å². The van der Waals surface area contributed by atoms with Crippen molar-refractivity contribution in [3.63, 3.8) is 0 Å². The topological polar surface area (TPSA) is 95.3 Å². The number of ketones is 1. The summed E-state index contributed by atoms with van der Waals surface area (Å²) in [5.41, 5.74) is 2.15. The Kier molecular flexibility index (Phi) is 5.89. The van der Waals surface area contributed by atoms with Crippen molar-refractivity contribution in [1.29, 1.82) is 0 Å². The van der Waals surface area contributed by atoms with Gasteiger partial charge in [0.25, 0.3) is 0 Å². The fourth-order valence-corrected chi connectivity index (χ4v) is 4.41. The van der Waals surface area contributed by atoms with E-state index >= 15 is 0 Å². The van der Waals surface area contributed by atoms with Crippen LogP contribution in [0.5, 0.6) is 5.88 Å². The molecule has 1 aromatic heterocycles. The minimum atomic E-state index is -3.42. The predicted octanol–water partition coefficient (Wildman–Crippen LogP) is 2.78. The predicted molar refractivity (Wildman–Crippen MR) is 101 cm³/mol. The molecule has 7 nitrogen and oxygen atoms in total. The monoisotopic (exact) mass is 392 g/mol. The second-order valence-corrected chi connectivity index (χ2v) is 8.38. The van der Waals surface area contributed by atoms with Gasteiger partial charge in [-0.1, -0.05) is 6.92 Å². The molecule has 0 unspecified atom stereocenters. The Hall–Kier alpha value is -2.48. The maximum Gasteiger partial charge on any atom is 0.312 e. The molecule has 2 aromatic rings. The van der Waals surface area contributed by atoms with Gasteiger partial charge in [-0.25, -0.2) is 13.1 Å². The number of hydrogen-bond donors (Lipinski definition) is 0. The van der Waals surface area contributed by atoms with Gasteiger partial charge in [0, 0.05) is 24.8 Å². The Morgan fingerprint density at radius 3 is 2.26 bits per heavy atom. The van der Waals surface area contributed by atoms with Gasteiger partial charge < -0.3 is 4.74 Å². The molecule has 0 fully saturated rings. The second kappa shape index (κ2) is 7.64. The highest BCUT2D eigenvalue weighted by Crippen LogP contribution is 2.30. The maximum absolute atomic E-state index is 13.2. The highest BCUT2D eigenvalue weighted by molar-refractivity contribution is 7.90. The van der Waals surface area contributed by atoms with Crippen LogP contribution in [-0.2, 0) is 21.2 Å². The van der Waals surface area contributed by atoms with Crippen LogP contribution in [-0.4, -0.2) is 36.2 Å². The first-order chi connectivity index (χ1) is 12.5. The zero-order valence-electron chi connectivity index (χ0n) is 16.4. The molecule has 0 aliphatic carbocycles. The SMILES string of the molecule is CCC(=O)Oc1c(C(=O)c2cc(C)c(S(C)(=O)=O)c(C)c2C)cnn1CC. The third-order valence-corrected chi connectivity index (χ3v) is 5.85. The van der Waals surface area contributed by atoms with E-state index in [9.17, 15) is 18.0 Å². The van der Waals surface area contributed by atoms with Crippen LogP contribution < -0.4 is 4.74 Å². The molecule has 0 spiro atoms. The van der Waals surface area contributed by atoms with Crippen LogP contribution in [0.2, 0.25) is 0 Å². The first kappa shape index (κ1) is 20.8. The highest BCUT2D eigenvalue weighted by atomic mass is 32.2. The van der Waals surface area contributed by atoms with Crippen LogP contribution in [0.4, 0.5) is 0 Å². The molecule has 0 radical (unpaired) electrons. The number of sulfone groups is 1. The quantitative estimate of drug-likeness (QED) is 0.554. The number of aryl methyl sites for hydroxylation is 2. The van der Waals surface area contributed by atoms with Crippen molar-refractivity contribution in [2.75, 3.05) is 6.26 Å². The number of hydrogen-bond acceptors (Lipinski definition) is 6. The summed E-state index contributed by atoms with van der Waals surface area (Å²) in [6.07, 6.45) is 2.69. The van der Waals surface area contributed by atoms with Gasteiger partial charge in [0.05, 0.1) is 11.1 Å². The molecule has 0 saturated heterocycles. The molecule has 8 heteroatoms. The molecule has 0 amide bonds. The molecule has 0 saturated carbocycles. The fraction of sp³-hybridized carbons (Fsp3) is 0.421. The lowest BCUT2D eigenvalue weighted by Crippen LogP contribution is -2.15. The second-order valence-electron chi connectivity index (χ2n) is 6.43. The number of ether oxygens (including phenoxy) is 1. The molecule has 0 aliphatic rings. The van der Waals surface area contributed by atoms with Crippen LogP contribution in [0.3, 0.4) is 0 Å². The van der Waals surface area contributed by atoms with E-state index in [2.05, 4.69) is 5.10 Å². The summed E-state index contributed by atoms with van der Waals surface area (Å²) < 4.78 is 30.9. The average molecular weight is 392 g/mol. The van der Waals surface area contributed by atoms with Gasteiger partial charge in [-0.2, -0.15) is 5.10 Å². The fourth-order valence-electron chi connectivity index (χ4n) is 3.05. The Labute approximate surface area is 159 Å². The highest BCUT2D eigenvalue weighted by Gasteiger charge is 2.26. The number of rotatable bonds is 6. The van der Waals surface area contributed by atoms with Crippen LogP contribution >= 0.6 is 0 Å². The zero-order valence-corrected chi connectivity index (χ0v) is 17.2. The Balaban J connectivity index is 2.63. The van der Waals surface area contributed by atoms with Gasteiger partial charge in [0.2, 0.25) is 5.88 Å². The van der Waals surface area contributed by atoms with Crippen LogP contribution in [0.1, 0.15) is 52.9 Å². The molecule has 0 atom stereocenters. The third-order valence-electron chi connectivity index (χ3n) is 4.48. The van der Waals surface area contributed by atoms with Crippen molar-refractivity contribution < 1.29 is 22.7 Å². The molecular formula is C19H24N2O5S. The van der Waals surface area contributed by atoms with Gasteiger partial charge in [-0.15, -0.1) is 0 Å². The Morgan fingerprint density at radius 1 is 1.11 bits per heavy atom. The molecular weight excluding hydrogens is 368 g/mol.